The van der Waals surface area contributed by atoms with E-state index in [9.17, 15) is 24.0 Å². The zero-order valence-electron chi connectivity index (χ0n) is 29.8. The van der Waals surface area contributed by atoms with Crippen LogP contribution in [0.5, 0.6) is 0 Å². The van der Waals surface area contributed by atoms with Crippen molar-refractivity contribution in [1.29, 1.82) is 0 Å². The average Bonchev–Trinajstić information content (AvgIpc) is 2.91. The maximum atomic E-state index is 12.6. The second-order valence-electron chi connectivity index (χ2n) is 12.8. The molecule has 0 spiro atoms. The minimum absolute atomic E-state index is 0.137. The number of benzene rings is 1. The van der Waals surface area contributed by atoms with Gasteiger partial charge in [-0.3, -0.25) is 9.59 Å². The smallest absolute Gasteiger partial charge is 0.329 e. The van der Waals surface area contributed by atoms with E-state index in [0.29, 0.717) is 37.9 Å². The fourth-order valence-electron chi connectivity index (χ4n) is 3.16. The molecule has 1 rings (SSSR count). The zero-order valence-corrected chi connectivity index (χ0v) is 32.7. The second kappa shape index (κ2) is 22.6. The topological polar surface area (TPSA) is 161 Å². The molecule has 1 aromatic carbocycles. The van der Waals surface area contributed by atoms with Crippen LogP contribution >= 0.6 is 0 Å². The molecule has 0 radical (unpaired) electrons. The third-order valence-corrected chi connectivity index (χ3v) is 5.81. The zero-order chi connectivity index (χ0) is 36.1. The standard InChI is InChI=1S/C24H37AtN4O6.C7H14O2.C2H6/c1-23(2,3)34-19(30)15-27-22(33)29-18(20(31)35-24(4,5)6)9-7-8-14-26-21(32)28-17-12-10-16(25)11-13-17;1-5-6(8)9-7(2,3)4;1-2/h10-13,18H,7-9,14-15H2,1-6H3,(H2,26,28,32)(H2,27,29,33);5H2,1-4H3;1-2H3. The minimum Gasteiger partial charge on any atom is -0.460 e. The third kappa shape index (κ3) is 27.4. The molecule has 4 N–H and O–H groups in total. The Morgan fingerprint density at radius 1 is 0.717 bits per heavy atom. The van der Waals surface area contributed by atoms with Crippen molar-refractivity contribution in [2.24, 2.45) is 0 Å². The van der Waals surface area contributed by atoms with Gasteiger partial charge in [-0.1, -0.05) is 20.8 Å². The molecule has 0 saturated heterocycles. The van der Waals surface area contributed by atoms with Gasteiger partial charge in [-0.15, -0.1) is 0 Å². The molecule has 0 saturated carbocycles. The van der Waals surface area contributed by atoms with E-state index in [1.165, 1.54) is 0 Å². The molecule has 1 unspecified atom stereocenters. The molecular weight excluding hydrogens is 790 g/mol. The summed E-state index contributed by atoms with van der Waals surface area (Å²) in [6, 6.07) is 5.63. The first-order valence-corrected chi connectivity index (χ1v) is 17.1. The average molecular weight is 848 g/mol. The first-order valence-electron chi connectivity index (χ1n) is 15.6. The normalized spacial score (nSPS) is 11.6. The van der Waals surface area contributed by atoms with Crippen molar-refractivity contribution >= 4 is 38.9 Å². The summed E-state index contributed by atoms with van der Waals surface area (Å²) in [6.07, 6.45) is 1.89. The number of urea groups is 2. The van der Waals surface area contributed by atoms with Gasteiger partial charge >= 0.3 is 135 Å². The summed E-state index contributed by atoms with van der Waals surface area (Å²) in [5.41, 5.74) is -1.01. The van der Waals surface area contributed by atoms with Gasteiger partial charge < -0.3 is 24.8 Å². The molecule has 46 heavy (non-hydrogen) atoms. The van der Waals surface area contributed by atoms with E-state index in [4.69, 9.17) is 14.2 Å². The Bertz CT molecular complexity index is 1080. The monoisotopic (exact) mass is 847 g/mol. The van der Waals surface area contributed by atoms with Crippen LogP contribution in [0.3, 0.4) is 0 Å². The molecule has 1 atom stereocenters. The Balaban J connectivity index is 0. The van der Waals surface area contributed by atoms with Crippen LogP contribution in [0.2, 0.25) is 0 Å². The third-order valence-electron chi connectivity index (χ3n) is 4.83. The molecule has 0 aliphatic rings. The molecule has 0 aromatic heterocycles. The quantitative estimate of drug-likeness (QED) is 0.133. The minimum atomic E-state index is -0.907. The molecule has 13 heteroatoms. The van der Waals surface area contributed by atoms with Gasteiger partial charge in [0.05, 0.1) is 0 Å². The van der Waals surface area contributed by atoms with Gasteiger partial charge in [0.25, 0.3) is 0 Å². The Labute approximate surface area is 291 Å². The van der Waals surface area contributed by atoms with E-state index in [1.54, 1.807) is 73.2 Å². The summed E-state index contributed by atoms with van der Waals surface area (Å²) < 4.78 is 16.7. The van der Waals surface area contributed by atoms with E-state index in [1.807, 2.05) is 58.9 Å². The number of anilines is 1. The van der Waals surface area contributed by atoms with Gasteiger partial charge in [0.15, 0.2) is 0 Å². The van der Waals surface area contributed by atoms with Gasteiger partial charge in [-0.25, -0.2) is 9.59 Å². The van der Waals surface area contributed by atoms with Crippen LogP contribution in [0.15, 0.2) is 24.3 Å². The van der Waals surface area contributed by atoms with E-state index < -0.39 is 35.2 Å². The van der Waals surface area contributed by atoms with Gasteiger partial charge in [-0.05, 0) is 62.3 Å². The summed E-state index contributed by atoms with van der Waals surface area (Å²) in [7, 11) is 0. The van der Waals surface area contributed by atoms with Crippen LogP contribution in [0, 0.1) is 24.7 Å². The van der Waals surface area contributed by atoms with Crippen LogP contribution in [-0.4, -0.2) is 65.9 Å². The predicted molar refractivity (Wildman–Crippen MR) is 176 cm³/mol. The molecule has 0 fully saturated rings. The maximum Gasteiger partial charge on any atom is 0.329 e. The van der Waals surface area contributed by atoms with Crippen molar-refractivity contribution in [3.8, 4) is 0 Å². The molecule has 0 heterocycles. The fourth-order valence-corrected chi connectivity index (χ4v) is 3.65. The molecule has 4 amide bonds. The van der Waals surface area contributed by atoms with Crippen molar-refractivity contribution < 1.29 is 62.9 Å². The maximum absolute atomic E-state index is 12.6. The number of nitrogens with one attached hydrogen (secondary N) is 4. The van der Waals surface area contributed by atoms with Gasteiger partial charge in [-0.2, -0.15) is 0 Å². The molecule has 12 nitrogen and oxygen atoms in total. The molecule has 264 valence electrons. The van der Waals surface area contributed by atoms with Gasteiger partial charge in [0.2, 0.25) is 0 Å². The Morgan fingerprint density at radius 2 is 1.22 bits per heavy atom. The van der Waals surface area contributed by atoms with Crippen LogP contribution in [0.25, 0.3) is 0 Å². The number of esters is 3. The molecule has 0 bridgehead atoms. The number of rotatable bonds is 11. The number of carbonyl (C=O) groups excluding carboxylic acids is 5. The molecule has 0 aliphatic carbocycles. The fraction of sp³-hybridized carbons (Fsp3) is 0.667. The summed E-state index contributed by atoms with van der Waals surface area (Å²) in [4.78, 5) is 59.3. The van der Waals surface area contributed by atoms with Crippen molar-refractivity contribution in [2.75, 3.05) is 18.4 Å². The SMILES string of the molecule is CC.CC(C)(C)OC(=O)CNC(=O)NC(CCCCNC(=O)Nc1ccc([At])cc1)C(=O)OC(C)(C)C.CCC(=O)OC(C)(C)C. The number of unbranched alkanes of at least 4 members (excludes halogenated alkanes) is 1. The molecule has 1 aromatic rings. The first kappa shape index (κ1) is 45.2. The number of ether oxygens (including phenoxy) is 3. The van der Waals surface area contributed by atoms with Crippen molar-refractivity contribution in [3.05, 3.63) is 24.3 Å². The van der Waals surface area contributed by atoms with Gasteiger partial charge in [0, 0.05) is 6.42 Å². The Morgan fingerprint density at radius 3 is 1.67 bits per heavy atom. The largest absolute Gasteiger partial charge is 0.460 e. The van der Waals surface area contributed by atoms with Crippen LogP contribution in [0.4, 0.5) is 15.3 Å². The van der Waals surface area contributed by atoms with E-state index in [0.717, 1.165) is 3.27 Å². The Hall–Kier alpha value is -2.95. The number of amides is 4. The van der Waals surface area contributed by atoms with Crippen molar-refractivity contribution in [1.82, 2.24) is 16.0 Å². The second-order valence-corrected chi connectivity index (χ2v) is 14.5. The number of hydrogen-bond acceptors (Lipinski definition) is 8. The summed E-state index contributed by atoms with van der Waals surface area (Å²) in [5.74, 6) is -1.30. The van der Waals surface area contributed by atoms with Crippen molar-refractivity contribution in [3.63, 3.8) is 0 Å². The van der Waals surface area contributed by atoms with E-state index in [-0.39, 0.29) is 24.1 Å². The van der Waals surface area contributed by atoms with Gasteiger partial charge in [0.1, 0.15) is 23.3 Å². The van der Waals surface area contributed by atoms with E-state index in [2.05, 4.69) is 21.3 Å². The Kier molecular flexibility index (Phi) is 22.2. The molecule has 0 aliphatic heterocycles. The van der Waals surface area contributed by atoms with Crippen LogP contribution in [-0.2, 0) is 28.6 Å². The van der Waals surface area contributed by atoms with E-state index >= 15 is 0 Å². The molecular formula is C33H57AtN4O8. The number of hydrogen-bond donors (Lipinski definition) is 4. The summed E-state index contributed by atoms with van der Waals surface area (Å²) >= 11 is 1.56. The number of carbonyl (C=O) groups is 5. The summed E-state index contributed by atoms with van der Waals surface area (Å²) in [5, 5.41) is 10.5. The van der Waals surface area contributed by atoms with Crippen LogP contribution < -0.4 is 24.5 Å². The summed E-state index contributed by atoms with van der Waals surface area (Å²) in [6.45, 7) is 21.8. The van der Waals surface area contributed by atoms with Crippen LogP contribution in [0.1, 0.15) is 109 Å². The predicted octanol–water partition coefficient (Wildman–Crippen LogP) is 5.27. The first-order chi connectivity index (χ1) is 21.1. The van der Waals surface area contributed by atoms with Crippen molar-refractivity contribution in [2.45, 2.75) is 132 Å².